The molecule has 12 heteroatoms. The van der Waals surface area contributed by atoms with Crippen molar-refractivity contribution >= 4 is 22.7 Å². The van der Waals surface area contributed by atoms with E-state index < -0.39 is 30.0 Å². The first-order valence-corrected chi connectivity index (χ1v) is 11.4. The van der Waals surface area contributed by atoms with Crippen molar-refractivity contribution < 1.29 is 17.6 Å². The number of imidazole rings is 1. The fourth-order valence-electron chi connectivity index (χ4n) is 4.75. The third kappa shape index (κ3) is 4.68. The van der Waals surface area contributed by atoms with Crippen LogP contribution in [0.3, 0.4) is 0 Å². The van der Waals surface area contributed by atoms with Gasteiger partial charge in [-0.05, 0) is 42.7 Å². The molecule has 5 rings (SSSR count). The van der Waals surface area contributed by atoms with Gasteiger partial charge in [-0.25, -0.2) is 32.5 Å². The number of halogens is 4. The van der Waals surface area contributed by atoms with Crippen LogP contribution in [0, 0.1) is 11.6 Å². The molecule has 0 radical (unpaired) electrons. The highest BCUT2D eigenvalue weighted by Gasteiger charge is 2.35. The normalized spacial score (nSPS) is 18.3. The Bertz CT molecular complexity index is 1410. The maximum atomic E-state index is 13.9. The molecule has 8 nitrogen and oxygen atoms in total. The molecule has 4 aromatic rings. The number of pyridine rings is 1. The summed E-state index contributed by atoms with van der Waals surface area (Å²) in [6.07, 6.45) is 2.76. The lowest BCUT2D eigenvalue weighted by Gasteiger charge is -2.42. The summed E-state index contributed by atoms with van der Waals surface area (Å²) in [5, 5.41) is 0. The molecule has 0 bridgehead atoms. The van der Waals surface area contributed by atoms with Crippen LogP contribution in [0.1, 0.15) is 24.8 Å². The number of alkyl halides is 2. The lowest BCUT2D eigenvalue weighted by atomic mass is 9.86. The minimum absolute atomic E-state index is 0.232. The number of nitrogens with two attached hydrogens (primary N) is 2. The minimum atomic E-state index is -2.51. The van der Waals surface area contributed by atoms with Crippen molar-refractivity contribution in [1.82, 2.24) is 24.5 Å². The molecule has 0 saturated carbocycles. The molecule has 1 aromatic carbocycles. The van der Waals surface area contributed by atoms with Gasteiger partial charge in [0.2, 0.25) is 6.43 Å². The first-order valence-electron chi connectivity index (χ1n) is 11.4. The van der Waals surface area contributed by atoms with Crippen molar-refractivity contribution in [1.29, 1.82) is 0 Å². The summed E-state index contributed by atoms with van der Waals surface area (Å²) in [7, 11) is 0. The number of anilines is 2. The van der Waals surface area contributed by atoms with Gasteiger partial charge in [0, 0.05) is 30.6 Å². The van der Waals surface area contributed by atoms with Crippen LogP contribution < -0.4 is 16.4 Å². The lowest BCUT2D eigenvalue weighted by molar-refractivity contribution is 0.0983. The third-order valence-electron chi connectivity index (χ3n) is 6.46. The number of nitrogens with zero attached hydrogens (tertiary/aromatic N) is 6. The van der Waals surface area contributed by atoms with Crippen LogP contribution in [0.4, 0.5) is 29.1 Å². The number of rotatable bonds is 6. The average Bonchev–Trinajstić information content (AvgIpc) is 3.24. The zero-order chi connectivity index (χ0) is 25.4. The van der Waals surface area contributed by atoms with Crippen LogP contribution in [0.2, 0.25) is 0 Å². The van der Waals surface area contributed by atoms with Gasteiger partial charge >= 0.3 is 0 Å². The highest BCUT2D eigenvalue weighted by molar-refractivity contribution is 5.81. The van der Waals surface area contributed by atoms with Crippen molar-refractivity contribution in [3.05, 3.63) is 60.3 Å². The van der Waals surface area contributed by atoms with Gasteiger partial charge < -0.3 is 20.9 Å². The van der Waals surface area contributed by atoms with Crippen LogP contribution in [-0.4, -0.2) is 49.6 Å². The molecule has 0 aliphatic carbocycles. The van der Waals surface area contributed by atoms with Gasteiger partial charge in [-0.3, -0.25) is 4.98 Å². The van der Waals surface area contributed by atoms with Gasteiger partial charge in [0.05, 0.1) is 30.5 Å². The minimum Gasteiger partial charge on any atom is -0.382 e. The summed E-state index contributed by atoms with van der Waals surface area (Å²) in [6.45, 7) is 1.13. The Morgan fingerprint density at radius 2 is 1.89 bits per heavy atom. The SMILES string of the molecule is Nc1ncnc2c1ncn2Cc1cc(-c2ccc(F)c(F)c2)ncc1N1CCCC(N)(CC(F)F)C1. The molecule has 4 heterocycles. The number of aromatic nitrogens is 5. The maximum Gasteiger partial charge on any atom is 0.240 e. The predicted octanol–water partition coefficient (Wildman–Crippen LogP) is 3.75. The number of nitrogen functional groups attached to an aromatic ring is 1. The van der Waals surface area contributed by atoms with Crippen LogP contribution in [0.25, 0.3) is 22.4 Å². The lowest BCUT2D eigenvalue weighted by Crippen LogP contribution is -2.55. The molecule has 0 amide bonds. The Morgan fingerprint density at radius 1 is 1.06 bits per heavy atom. The zero-order valence-corrected chi connectivity index (χ0v) is 19.2. The van der Waals surface area contributed by atoms with Gasteiger partial charge in [0.25, 0.3) is 0 Å². The van der Waals surface area contributed by atoms with E-state index in [9.17, 15) is 17.6 Å². The second kappa shape index (κ2) is 9.34. The Labute approximate surface area is 204 Å². The Kier molecular flexibility index (Phi) is 6.20. The summed E-state index contributed by atoms with van der Waals surface area (Å²) in [5.74, 6) is -1.69. The van der Waals surface area contributed by atoms with Gasteiger partial charge in [-0.1, -0.05) is 0 Å². The Hall–Kier alpha value is -3.80. The van der Waals surface area contributed by atoms with Crippen molar-refractivity contribution in [2.45, 2.75) is 37.8 Å². The monoisotopic (exact) mass is 500 g/mol. The molecular formula is C24H24F4N8. The molecule has 1 fully saturated rings. The van der Waals surface area contributed by atoms with Crippen molar-refractivity contribution in [3.8, 4) is 11.3 Å². The topological polar surface area (TPSA) is 112 Å². The highest BCUT2D eigenvalue weighted by Crippen LogP contribution is 2.33. The quantitative estimate of drug-likeness (QED) is 0.388. The summed E-state index contributed by atoms with van der Waals surface area (Å²) in [4.78, 5) is 19.0. The van der Waals surface area contributed by atoms with Crippen molar-refractivity contribution in [2.75, 3.05) is 23.7 Å². The van der Waals surface area contributed by atoms with Gasteiger partial charge in [0.1, 0.15) is 11.8 Å². The molecule has 1 aliphatic rings. The molecule has 4 N–H and O–H groups in total. The third-order valence-corrected chi connectivity index (χ3v) is 6.46. The molecule has 1 unspecified atom stereocenters. The highest BCUT2D eigenvalue weighted by atomic mass is 19.3. The van der Waals surface area contributed by atoms with Gasteiger partial charge in [-0.2, -0.15) is 0 Å². The molecule has 1 aliphatic heterocycles. The second-order valence-corrected chi connectivity index (χ2v) is 9.11. The van der Waals surface area contributed by atoms with Crippen LogP contribution in [0.5, 0.6) is 0 Å². The van der Waals surface area contributed by atoms with Crippen molar-refractivity contribution in [3.63, 3.8) is 0 Å². The van der Waals surface area contributed by atoms with E-state index in [1.54, 1.807) is 23.2 Å². The number of benzene rings is 1. The van der Waals surface area contributed by atoms with E-state index >= 15 is 0 Å². The van der Waals surface area contributed by atoms with Crippen LogP contribution in [0.15, 0.2) is 43.1 Å². The molecule has 1 atom stereocenters. The predicted molar refractivity (Wildman–Crippen MR) is 127 cm³/mol. The second-order valence-electron chi connectivity index (χ2n) is 9.11. The van der Waals surface area contributed by atoms with E-state index in [1.807, 2.05) is 4.90 Å². The van der Waals surface area contributed by atoms with E-state index in [2.05, 4.69) is 19.9 Å². The first kappa shape index (κ1) is 23.9. The number of fused-ring (bicyclic) bond motifs is 1. The summed E-state index contributed by atoms with van der Waals surface area (Å²) >= 11 is 0. The van der Waals surface area contributed by atoms with Gasteiger partial charge in [0.15, 0.2) is 23.1 Å². The molecule has 1 saturated heterocycles. The number of hydrogen-bond acceptors (Lipinski definition) is 7. The summed E-state index contributed by atoms with van der Waals surface area (Å²) in [5.41, 5.74) is 14.5. The largest absolute Gasteiger partial charge is 0.382 e. The van der Waals surface area contributed by atoms with E-state index in [1.165, 1.54) is 12.4 Å². The maximum absolute atomic E-state index is 13.9. The van der Waals surface area contributed by atoms with Crippen molar-refractivity contribution in [2.24, 2.45) is 5.73 Å². The van der Waals surface area contributed by atoms with E-state index in [4.69, 9.17) is 11.5 Å². The Morgan fingerprint density at radius 3 is 2.67 bits per heavy atom. The van der Waals surface area contributed by atoms with E-state index in [-0.39, 0.29) is 18.9 Å². The molecule has 0 spiro atoms. The first-order chi connectivity index (χ1) is 17.2. The van der Waals surface area contributed by atoms with E-state index in [0.29, 0.717) is 47.5 Å². The molecule has 36 heavy (non-hydrogen) atoms. The molecular weight excluding hydrogens is 476 g/mol. The van der Waals surface area contributed by atoms with Gasteiger partial charge in [-0.15, -0.1) is 0 Å². The number of piperidine rings is 1. The smallest absolute Gasteiger partial charge is 0.240 e. The fourth-order valence-corrected chi connectivity index (χ4v) is 4.75. The number of hydrogen-bond donors (Lipinski definition) is 2. The summed E-state index contributed by atoms with van der Waals surface area (Å²) < 4.78 is 55.6. The van der Waals surface area contributed by atoms with Crippen LogP contribution in [-0.2, 0) is 6.54 Å². The van der Waals surface area contributed by atoms with Crippen LogP contribution >= 0.6 is 0 Å². The molecule has 3 aromatic heterocycles. The zero-order valence-electron chi connectivity index (χ0n) is 19.2. The molecule has 188 valence electrons. The Balaban J connectivity index is 1.57. The standard InChI is InChI=1S/C24H24F4N8/c25-16-3-2-14(6-17(16)26)18-7-15(10-36-13-34-21-22(29)32-12-33-23(21)36)19(9-31-18)35-5-1-4-24(30,11-35)8-20(27)28/h2-3,6-7,9,12-13,20H,1,4-5,8,10-11,30H2,(H2,29,32,33). The van der Waals surface area contributed by atoms with E-state index in [0.717, 1.165) is 17.7 Å². The summed E-state index contributed by atoms with van der Waals surface area (Å²) in [6, 6.07) is 5.33. The average molecular weight is 501 g/mol. The fraction of sp³-hybridized carbons (Fsp3) is 0.333.